The first-order valence-corrected chi connectivity index (χ1v) is 10.6. The SMILES string of the molecule is C[C@@H]1Cc2c(nn(C)c2C(=O)N2CCN(Cc3ccccc3)C(C)(C)C2)[C@H](C)O1. The van der Waals surface area contributed by atoms with Gasteiger partial charge in [-0.05, 0) is 33.3 Å². The normalized spacial score (nSPS) is 24.4. The number of fused-ring (bicyclic) bond motifs is 1. The summed E-state index contributed by atoms with van der Waals surface area (Å²) in [6, 6.07) is 10.5. The Morgan fingerprint density at radius 2 is 1.93 bits per heavy atom. The number of benzene rings is 1. The van der Waals surface area contributed by atoms with Gasteiger partial charge < -0.3 is 9.64 Å². The zero-order valence-electron chi connectivity index (χ0n) is 18.2. The van der Waals surface area contributed by atoms with E-state index in [0.29, 0.717) is 6.54 Å². The Morgan fingerprint density at radius 3 is 2.62 bits per heavy atom. The Kier molecular flexibility index (Phi) is 5.25. The number of amides is 1. The van der Waals surface area contributed by atoms with E-state index in [1.54, 1.807) is 4.68 Å². The number of carbonyl (C=O) groups is 1. The maximum absolute atomic E-state index is 13.5. The second kappa shape index (κ2) is 7.58. The Morgan fingerprint density at radius 1 is 1.21 bits per heavy atom. The molecule has 1 aromatic carbocycles. The highest BCUT2D eigenvalue weighted by Crippen LogP contribution is 2.32. The van der Waals surface area contributed by atoms with Gasteiger partial charge in [-0.3, -0.25) is 14.4 Å². The fraction of sp³-hybridized carbons (Fsp3) is 0.565. The number of carbonyl (C=O) groups excluding carboxylic acids is 1. The molecule has 6 heteroatoms. The van der Waals surface area contributed by atoms with Gasteiger partial charge in [-0.15, -0.1) is 0 Å². The molecule has 0 bridgehead atoms. The molecule has 1 aromatic heterocycles. The summed E-state index contributed by atoms with van der Waals surface area (Å²) < 4.78 is 7.66. The van der Waals surface area contributed by atoms with E-state index < -0.39 is 0 Å². The van der Waals surface area contributed by atoms with E-state index in [0.717, 1.165) is 43.0 Å². The van der Waals surface area contributed by atoms with Crippen molar-refractivity contribution in [2.75, 3.05) is 19.6 Å². The molecule has 2 aliphatic heterocycles. The van der Waals surface area contributed by atoms with Crippen molar-refractivity contribution in [3.8, 4) is 0 Å². The highest BCUT2D eigenvalue weighted by atomic mass is 16.5. The number of rotatable bonds is 3. The maximum atomic E-state index is 13.5. The average molecular weight is 397 g/mol. The Hall–Kier alpha value is -2.18. The molecule has 4 rings (SSSR count). The first-order chi connectivity index (χ1) is 13.8. The highest BCUT2D eigenvalue weighted by Gasteiger charge is 2.38. The second-order valence-electron chi connectivity index (χ2n) is 9.08. The first-order valence-electron chi connectivity index (χ1n) is 10.6. The van der Waals surface area contributed by atoms with E-state index in [4.69, 9.17) is 4.74 Å². The number of aryl methyl sites for hydroxylation is 1. The zero-order valence-corrected chi connectivity index (χ0v) is 18.2. The van der Waals surface area contributed by atoms with Crippen molar-refractivity contribution in [3.05, 3.63) is 52.8 Å². The zero-order chi connectivity index (χ0) is 20.8. The Bertz CT molecular complexity index is 890. The number of aromatic nitrogens is 2. The molecule has 0 saturated carbocycles. The van der Waals surface area contributed by atoms with Crippen LogP contribution in [0.1, 0.15) is 61.1 Å². The smallest absolute Gasteiger partial charge is 0.272 e. The fourth-order valence-electron chi connectivity index (χ4n) is 4.74. The number of ether oxygens (including phenoxy) is 1. The van der Waals surface area contributed by atoms with Crippen LogP contribution in [0.15, 0.2) is 30.3 Å². The summed E-state index contributed by atoms with van der Waals surface area (Å²) in [6.45, 7) is 11.7. The minimum atomic E-state index is -0.0912. The van der Waals surface area contributed by atoms with Crippen molar-refractivity contribution < 1.29 is 9.53 Å². The number of piperazine rings is 1. The lowest BCUT2D eigenvalue weighted by Crippen LogP contribution is -2.60. The summed E-state index contributed by atoms with van der Waals surface area (Å²) in [5.74, 6) is 0.0926. The van der Waals surface area contributed by atoms with Gasteiger partial charge in [-0.1, -0.05) is 30.3 Å². The molecule has 1 fully saturated rings. The fourth-order valence-corrected chi connectivity index (χ4v) is 4.74. The maximum Gasteiger partial charge on any atom is 0.272 e. The number of nitrogens with zero attached hydrogens (tertiary/aromatic N) is 4. The number of hydrogen-bond donors (Lipinski definition) is 0. The number of hydrogen-bond acceptors (Lipinski definition) is 4. The standard InChI is InChI=1S/C23H32N4O2/c1-16-13-19-20(17(2)29-16)24-25(5)21(19)22(28)26-11-12-27(23(3,4)15-26)14-18-9-7-6-8-10-18/h6-10,16-17H,11-15H2,1-5H3/t16-,17+/m1/s1. The minimum Gasteiger partial charge on any atom is -0.369 e. The molecule has 6 nitrogen and oxygen atoms in total. The van der Waals surface area contributed by atoms with Gasteiger partial charge in [0.2, 0.25) is 0 Å². The molecule has 29 heavy (non-hydrogen) atoms. The van der Waals surface area contributed by atoms with Gasteiger partial charge >= 0.3 is 0 Å². The van der Waals surface area contributed by atoms with Gasteiger partial charge in [0.05, 0.1) is 17.9 Å². The molecule has 1 saturated heterocycles. The molecule has 0 unspecified atom stereocenters. The molecule has 0 radical (unpaired) electrons. The molecule has 2 aromatic rings. The Labute approximate surface area is 173 Å². The van der Waals surface area contributed by atoms with Gasteiger partial charge in [0.1, 0.15) is 5.69 Å². The van der Waals surface area contributed by atoms with E-state index in [2.05, 4.69) is 55.0 Å². The van der Waals surface area contributed by atoms with Crippen molar-refractivity contribution in [2.24, 2.45) is 7.05 Å². The van der Waals surface area contributed by atoms with Crippen LogP contribution in [-0.4, -0.2) is 56.8 Å². The molecule has 156 valence electrons. The highest BCUT2D eigenvalue weighted by molar-refractivity contribution is 5.94. The lowest BCUT2D eigenvalue weighted by molar-refractivity contribution is -0.00735. The van der Waals surface area contributed by atoms with Crippen LogP contribution in [-0.2, 0) is 24.8 Å². The lowest BCUT2D eigenvalue weighted by Gasteiger charge is -2.47. The predicted octanol–water partition coefficient (Wildman–Crippen LogP) is 3.18. The summed E-state index contributed by atoms with van der Waals surface area (Å²) in [5, 5.41) is 4.62. The van der Waals surface area contributed by atoms with Crippen molar-refractivity contribution in [1.82, 2.24) is 19.6 Å². The first kappa shape index (κ1) is 20.1. The van der Waals surface area contributed by atoms with E-state index in [-0.39, 0.29) is 23.7 Å². The van der Waals surface area contributed by atoms with Crippen LogP contribution in [0.2, 0.25) is 0 Å². The summed E-state index contributed by atoms with van der Waals surface area (Å²) in [4.78, 5) is 18.0. The van der Waals surface area contributed by atoms with Gasteiger partial charge in [-0.25, -0.2) is 0 Å². The van der Waals surface area contributed by atoms with Crippen molar-refractivity contribution >= 4 is 5.91 Å². The molecule has 0 spiro atoms. The predicted molar refractivity (Wildman–Crippen MR) is 113 cm³/mol. The third-order valence-electron chi connectivity index (χ3n) is 6.27. The average Bonchev–Trinajstić information content (AvgIpc) is 2.99. The van der Waals surface area contributed by atoms with Crippen LogP contribution in [0.25, 0.3) is 0 Å². The van der Waals surface area contributed by atoms with Gasteiger partial charge in [0.15, 0.2) is 0 Å². The largest absolute Gasteiger partial charge is 0.369 e. The third kappa shape index (κ3) is 3.83. The minimum absolute atomic E-state index is 0.0688. The summed E-state index contributed by atoms with van der Waals surface area (Å²) in [5.41, 5.74) is 3.93. The van der Waals surface area contributed by atoms with Crippen molar-refractivity contribution in [1.29, 1.82) is 0 Å². The Balaban J connectivity index is 1.53. The van der Waals surface area contributed by atoms with Crippen LogP contribution < -0.4 is 0 Å². The summed E-state index contributed by atoms with van der Waals surface area (Å²) >= 11 is 0. The van der Waals surface area contributed by atoms with Gasteiger partial charge in [0.25, 0.3) is 5.91 Å². The molecule has 3 heterocycles. The van der Waals surface area contributed by atoms with E-state index in [1.165, 1.54) is 5.56 Å². The van der Waals surface area contributed by atoms with Crippen LogP contribution in [0.5, 0.6) is 0 Å². The molecule has 1 amide bonds. The van der Waals surface area contributed by atoms with Gasteiger partial charge in [0, 0.05) is 50.7 Å². The molecular weight excluding hydrogens is 364 g/mol. The van der Waals surface area contributed by atoms with Crippen LogP contribution >= 0.6 is 0 Å². The second-order valence-corrected chi connectivity index (χ2v) is 9.08. The van der Waals surface area contributed by atoms with E-state index in [9.17, 15) is 4.79 Å². The quantitative estimate of drug-likeness (QED) is 0.800. The van der Waals surface area contributed by atoms with E-state index in [1.807, 2.05) is 24.9 Å². The topological polar surface area (TPSA) is 50.6 Å². The van der Waals surface area contributed by atoms with Crippen molar-refractivity contribution in [3.63, 3.8) is 0 Å². The molecule has 2 atom stereocenters. The molecule has 0 aliphatic carbocycles. The third-order valence-corrected chi connectivity index (χ3v) is 6.27. The van der Waals surface area contributed by atoms with Crippen LogP contribution in [0.3, 0.4) is 0 Å². The van der Waals surface area contributed by atoms with Crippen LogP contribution in [0, 0.1) is 0 Å². The molecule has 0 N–H and O–H groups in total. The van der Waals surface area contributed by atoms with Crippen molar-refractivity contribution in [2.45, 2.75) is 58.4 Å². The summed E-state index contributed by atoms with van der Waals surface area (Å²) in [6.07, 6.45) is 0.777. The van der Waals surface area contributed by atoms with Crippen LogP contribution in [0.4, 0.5) is 0 Å². The molecule has 2 aliphatic rings. The van der Waals surface area contributed by atoms with Gasteiger partial charge in [-0.2, -0.15) is 5.10 Å². The molecular formula is C23H32N4O2. The summed E-state index contributed by atoms with van der Waals surface area (Å²) in [7, 11) is 1.87. The lowest BCUT2D eigenvalue weighted by atomic mass is 9.96. The van der Waals surface area contributed by atoms with E-state index >= 15 is 0 Å². The monoisotopic (exact) mass is 396 g/mol.